The molecular formula is C21H26Cl2N2O3S. The first-order chi connectivity index (χ1) is 13.4. The summed E-state index contributed by atoms with van der Waals surface area (Å²) in [5, 5.41) is 3.43. The minimum atomic E-state index is -3.69. The van der Waals surface area contributed by atoms with Gasteiger partial charge in [-0.2, -0.15) is 0 Å². The average molecular weight is 457 g/mol. The van der Waals surface area contributed by atoms with E-state index in [2.05, 4.69) is 31.3 Å². The van der Waals surface area contributed by atoms with Crippen LogP contribution < -0.4 is 9.62 Å². The zero-order valence-corrected chi connectivity index (χ0v) is 19.3. The van der Waals surface area contributed by atoms with Gasteiger partial charge < -0.3 is 5.32 Å². The number of benzene rings is 2. The summed E-state index contributed by atoms with van der Waals surface area (Å²) >= 11 is 11.9. The monoisotopic (exact) mass is 456 g/mol. The Morgan fingerprint density at radius 1 is 1.10 bits per heavy atom. The minimum absolute atomic E-state index is 0.145. The van der Waals surface area contributed by atoms with E-state index >= 15 is 0 Å². The summed E-state index contributed by atoms with van der Waals surface area (Å²) < 4.78 is 25.5. The molecule has 158 valence electrons. The molecule has 1 atom stereocenters. The Morgan fingerprint density at radius 3 is 2.28 bits per heavy atom. The van der Waals surface area contributed by atoms with Gasteiger partial charge in [0, 0.05) is 6.04 Å². The Hall–Kier alpha value is -1.76. The number of rotatable bonds is 8. The average Bonchev–Trinajstić information content (AvgIpc) is 2.61. The molecule has 8 heteroatoms. The highest BCUT2D eigenvalue weighted by atomic mass is 35.5. The zero-order chi connectivity index (χ0) is 21.8. The van der Waals surface area contributed by atoms with Gasteiger partial charge in [-0.1, -0.05) is 67.4 Å². The third-order valence-electron chi connectivity index (χ3n) is 4.66. The second-order valence-corrected chi connectivity index (χ2v) is 10.5. The molecule has 0 saturated heterocycles. The molecule has 2 rings (SSSR count). The van der Waals surface area contributed by atoms with Crippen LogP contribution in [0.1, 0.15) is 32.8 Å². The Kier molecular flexibility index (Phi) is 7.60. The van der Waals surface area contributed by atoms with Crippen LogP contribution in [0.4, 0.5) is 5.69 Å². The van der Waals surface area contributed by atoms with Gasteiger partial charge in [0.2, 0.25) is 15.9 Å². The molecule has 0 aliphatic carbocycles. The summed E-state index contributed by atoms with van der Waals surface area (Å²) in [6.07, 6.45) is 1.75. The summed E-state index contributed by atoms with van der Waals surface area (Å²) in [6.45, 7) is 5.80. The van der Waals surface area contributed by atoms with Gasteiger partial charge >= 0.3 is 0 Å². The third-order valence-corrected chi connectivity index (χ3v) is 6.54. The van der Waals surface area contributed by atoms with E-state index in [0.29, 0.717) is 11.4 Å². The molecule has 0 aromatic heterocycles. The molecule has 1 unspecified atom stereocenters. The Bertz CT molecular complexity index is 963. The number of carbonyl (C=O) groups excluding carboxylic acids is 1. The number of hydrogen-bond acceptors (Lipinski definition) is 3. The largest absolute Gasteiger partial charge is 0.352 e. The van der Waals surface area contributed by atoms with Crippen LogP contribution in [-0.4, -0.2) is 33.2 Å². The fraction of sp³-hybridized carbons (Fsp3) is 0.381. The van der Waals surface area contributed by atoms with E-state index in [1.807, 2.05) is 25.1 Å². The summed E-state index contributed by atoms with van der Waals surface area (Å²) in [5.74, 6) is -0.391. The van der Waals surface area contributed by atoms with E-state index < -0.39 is 15.9 Å². The molecule has 0 radical (unpaired) electrons. The number of anilines is 1. The normalized spacial score (nSPS) is 13.0. The van der Waals surface area contributed by atoms with Gasteiger partial charge in [-0.15, -0.1) is 0 Å². The molecule has 29 heavy (non-hydrogen) atoms. The van der Waals surface area contributed by atoms with Gasteiger partial charge in [0.05, 0.1) is 22.0 Å². The second kappa shape index (κ2) is 9.37. The summed E-state index contributed by atoms with van der Waals surface area (Å²) in [5.41, 5.74) is 1.32. The highest BCUT2D eigenvalue weighted by molar-refractivity contribution is 7.92. The first kappa shape index (κ1) is 23.5. The minimum Gasteiger partial charge on any atom is -0.352 e. The van der Waals surface area contributed by atoms with Gasteiger partial charge in [-0.3, -0.25) is 9.10 Å². The SMILES string of the molecule is CC(CC(C)(C)c1ccccc1)NC(=O)CN(c1ccc(Cl)c(Cl)c1)S(C)(=O)=O. The number of halogens is 2. The standard InChI is InChI=1S/C21H26Cl2N2O3S/c1-15(13-21(2,3)16-8-6-5-7-9-16)24-20(26)14-25(29(4,27)28)17-10-11-18(22)19(23)12-17/h5-12,15H,13-14H2,1-4H3,(H,24,26). The first-order valence-corrected chi connectivity index (χ1v) is 11.8. The van der Waals surface area contributed by atoms with E-state index in [1.54, 1.807) is 0 Å². The molecule has 0 aliphatic rings. The smallest absolute Gasteiger partial charge is 0.240 e. The lowest BCUT2D eigenvalue weighted by Gasteiger charge is -2.30. The van der Waals surface area contributed by atoms with Crippen LogP contribution in [0.2, 0.25) is 10.0 Å². The van der Waals surface area contributed by atoms with Crippen molar-refractivity contribution < 1.29 is 13.2 Å². The number of nitrogens with one attached hydrogen (secondary N) is 1. The van der Waals surface area contributed by atoms with Crippen LogP contribution in [0.3, 0.4) is 0 Å². The van der Waals surface area contributed by atoms with Crippen LogP contribution in [0.15, 0.2) is 48.5 Å². The molecule has 0 saturated carbocycles. The Morgan fingerprint density at radius 2 is 1.72 bits per heavy atom. The van der Waals surface area contributed by atoms with E-state index in [9.17, 15) is 13.2 Å². The predicted molar refractivity (Wildman–Crippen MR) is 120 cm³/mol. The summed E-state index contributed by atoms with van der Waals surface area (Å²) in [7, 11) is -3.69. The van der Waals surface area contributed by atoms with E-state index in [0.717, 1.165) is 10.6 Å². The van der Waals surface area contributed by atoms with Gasteiger partial charge in [0.25, 0.3) is 0 Å². The van der Waals surface area contributed by atoms with Crippen molar-refractivity contribution in [3.05, 3.63) is 64.1 Å². The van der Waals surface area contributed by atoms with Crippen LogP contribution in [0, 0.1) is 0 Å². The van der Waals surface area contributed by atoms with Crippen molar-refractivity contribution in [2.24, 2.45) is 0 Å². The van der Waals surface area contributed by atoms with E-state index in [-0.39, 0.29) is 28.7 Å². The number of nitrogens with zero attached hydrogens (tertiary/aromatic N) is 1. The second-order valence-electron chi connectivity index (χ2n) is 7.79. The maximum absolute atomic E-state index is 12.6. The number of amides is 1. The van der Waals surface area contributed by atoms with Crippen molar-refractivity contribution >= 4 is 44.8 Å². The molecular weight excluding hydrogens is 431 g/mol. The molecule has 0 aliphatic heterocycles. The van der Waals surface area contributed by atoms with E-state index in [4.69, 9.17) is 23.2 Å². The summed E-state index contributed by atoms with van der Waals surface area (Å²) in [4.78, 5) is 12.6. The number of hydrogen-bond donors (Lipinski definition) is 1. The van der Waals surface area contributed by atoms with Crippen LogP contribution >= 0.6 is 23.2 Å². The van der Waals surface area contributed by atoms with E-state index in [1.165, 1.54) is 23.8 Å². The van der Waals surface area contributed by atoms with Crippen molar-refractivity contribution in [3.8, 4) is 0 Å². The van der Waals surface area contributed by atoms with Gasteiger partial charge in [-0.25, -0.2) is 8.42 Å². The Labute approximate surface area is 183 Å². The maximum atomic E-state index is 12.6. The number of sulfonamides is 1. The molecule has 0 heterocycles. The molecule has 0 bridgehead atoms. The third kappa shape index (κ3) is 6.63. The highest BCUT2D eigenvalue weighted by Gasteiger charge is 2.26. The quantitative estimate of drug-likeness (QED) is 0.629. The molecule has 2 aromatic carbocycles. The van der Waals surface area contributed by atoms with Crippen molar-refractivity contribution in [2.75, 3.05) is 17.1 Å². The van der Waals surface area contributed by atoms with Crippen LogP contribution in [0.25, 0.3) is 0 Å². The lowest BCUT2D eigenvalue weighted by molar-refractivity contribution is -0.120. The number of carbonyl (C=O) groups is 1. The highest BCUT2D eigenvalue weighted by Crippen LogP contribution is 2.29. The first-order valence-electron chi connectivity index (χ1n) is 9.18. The van der Waals surface area contributed by atoms with Gasteiger partial charge in [0.1, 0.15) is 6.54 Å². The fourth-order valence-corrected chi connectivity index (χ4v) is 4.46. The zero-order valence-electron chi connectivity index (χ0n) is 16.9. The molecule has 2 aromatic rings. The lowest BCUT2D eigenvalue weighted by Crippen LogP contribution is -2.44. The van der Waals surface area contributed by atoms with Crippen LogP contribution in [0.5, 0.6) is 0 Å². The predicted octanol–water partition coefficient (Wildman–Crippen LogP) is 4.63. The van der Waals surface area contributed by atoms with Crippen molar-refractivity contribution in [1.82, 2.24) is 5.32 Å². The molecule has 0 fully saturated rings. The molecule has 1 N–H and O–H groups in total. The summed E-state index contributed by atoms with van der Waals surface area (Å²) in [6, 6.07) is 14.4. The lowest BCUT2D eigenvalue weighted by atomic mass is 9.79. The van der Waals surface area contributed by atoms with Gasteiger partial charge in [0.15, 0.2) is 0 Å². The van der Waals surface area contributed by atoms with Crippen molar-refractivity contribution in [1.29, 1.82) is 0 Å². The van der Waals surface area contributed by atoms with Gasteiger partial charge in [-0.05, 0) is 42.5 Å². The molecule has 1 amide bonds. The van der Waals surface area contributed by atoms with Crippen molar-refractivity contribution in [3.63, 3.8) is 0 Å². The Balaban J connectivity index is 2.09. The fourth-order valence-electron chi connectivity index (χ4n) is 3.31. The molecule has 0 spiro atoms. The maximum Gasteiger partial charge on any atom is 0.240 e. The van der Waals surface area contributed by atoms with Crippen molar-refractivity contribution in [2.45, 2.75) is 38.6 Å². The van der Waals surface area contributed by atoms with Crippen LogP contribution in [-0.2, 0) is 20.2 Å². The molecule has 5 nitrogen and oxygen atoms in total. The topological polar surface area (TPSA) is 66.5 Å².